The normalized spacial score (nSPS) is 10.3. The third-order valence-electron chi connectivity index (χ3n) is 2.54. The summed E-state index contributed by atoms with van der Waals surface area (Å²) in [6, 6.07) is 7.36. The van der Waals surface area contributed by atoms with Gasteiger partial charge in [0.15, 0.2) is 11.5 Å². The lowest BCUT2D eigenvalue weighted by Crippen LogP contribution is -1.97. The Bertz CT molecular complexity index is 665. The van der Waals surface area contributed by atoms with Crippen LogP contribution in [0.25, 0.3) is 11.3 Å². The molecule has 0 aliphatic rings. The third-order valence-corrected chi connectivity index (χ3v) is 2.73. The van der Waals surface area contributed by atoms with Crippen molar-refractivity contribution in [1.82, 2.24) is 0 Å². The number of ether oxygens (including phenoxy) is 1. The highest BCUT2D eigenvalue weighted by atomic mass is 35.5. The number of halogens is 1. The zero-order chi connectivity index (χ0) is 14.7. The van der Waals surface area contributed by atoms with Crippen LogP contribution >= 0.6 is 11.6 Å². The molecule has 1 aromatic carbocycles. The SMILES string of the molecule is CCOc1ccc(-c2ccc(C(=O)Cl)o2)cc1[N+](=O)[O-]. The fourth-order valence-corrected chi connectivity index (χ4v) is 1.79. The molecular formula is C13H10ClNO5. The van der Waals surface area contributed by atoms with Crippen LogP contribution in [0.4, 0.5) is 5.69 Å². The van der Waals surface area contributed by atoms with Crippen LogP contribution in [0.2, 0.25) is 0 Å². The first-order valence-electron chi connectivity index (χ1n) is 5.74. The second-order valence-corrected chi connectivity index (χ2v) is 4.15. The molecule has 104 valence electrons. The van der Waals surface area contributed by atoms with Gasteiger partial charge in [0.2, 0.25) is 0 Å². The maximum atomic E-state index is 11.0. The summed E-state index contributed by atoms with van der Waals surface area (Å²) in [6.45, 7) is 2.06. The number of furan rings is 1. The number of carbonyl (C=O) groups excluding carboxylic acids is 1. The molecule has 0 aliphatic carbocycles. The zero-order valence-electron chi connectivity index (χ0n) is 10.5. The summed E-state index contributed by atoms with van der Waals surface area (Å²) in [4.78, 5) is 21.4. The molecular weight excluding hydrogens is 286 g/mol. The fourth-order valence-electron chi connectivity index (χ4n) is 1.69. The molecule has 0 amide bonds. The van der Waals surface area contributed by atoms with Crippen LogP contribution in [-0.4, -0.2) is 16.8 Å². The monoisotopic (exact) mass is 295 g/mol. The summed E-state index contributed by atoms with van der Waals surface area (Å²) in [7, 11) is 0. The highest BCUT2D eigenvalue weighted by Gasteiger charge is 2.18. The smallest absolute Gasteiger partial charge is 0.311 e. The lowest BCUT2D eigenvalue weighted by atomic mass is 10.1. The van der Waals surface area contributed by atoms with E-state index in [2.05, 4.69) is 0 Å². The molecule has 20 heavy (non-hydrogen) atoms. The molecule has 7 heteroatoms. The maximum absolute atomic E-state index is 11.0. The number of hydrogen-bond donors (Lipinski definition) is 0. The van der Waals surface area contributed by atoms with E-state index >= 15 is 0 Å². The van der Waals surface area contributed by atoms with Crippen LogP contribution in [0.3, 0.4) is 0 Å². The van der Waals surface area contributed by atoms with Crippen LogP contribution < -0.4 is 4.74 Å². The Kier molecular flexibility index (Phi) is 4.05. The van der Waals surface area contributed by atoms with E-state index in [0.717, 1.165) is 0 Å². The van der Waals surface area contributed by atoms with Crippen molar-refractivity contribution >= 4 is 22.5 Å². The van der Waals surface area contributed by atoms with Crippen LogP contribution in [0, 0.1) is 10.1 Å². The van der Waals surface area contributed by atoms with E-state index in [-0.39, 0.29) is 17.2 Å². The summed E-state index contributed by atoms with van der Waals surface area (Å²) in [5.74, 6) is 0.486. The molecule has 1 aromatic heterocycles. The van der Waals surface area contributed by atoms with Gasteiger partial charge in [0.25, 0.3) is 5.24 Å². The molecule has 0 fully saturated rings. The topological polar surface area (TPSA) is 82.6 Å². The standard InChI is InChI=1S/C13H10ClNO5/c1-2-19-11-4-3-8(7-9(11)15(17)18)10-5-6-12(20-10)13(14)16/h3-7H,2H2,1H3. The second-order valence-electron chi connectivity index (χ2n) is 3.81. The van der Waals surface area contributed by atoms with Gasteiger partial charge >= 0.3 is 5.69 Å². The molecule has 0 unspecified atom stereocenters. The molecule has 0 spiro atoms. The number of carbonyl (C=O) groups is 1. The summed E-state index contributed by atoms with van der Waals surface area (Å²) in [6.07, 6.45) is 0. The quantitative estimate of drug-likeness (QED) is 0.478. The van der Waals surface area contributed by atoms with Crippen molar-refractivity contribution in [1.29, 1.82) is 0 Å². The lowest BCUT2D eigenvalue weighted by molar-refractivity contribution is -0.385. The lowest BCUT2D eigenvalue weighted by Gasteiger charge is -2.05. The van der Waals surface area contributed by atoms with E-state index in [1.54, 1.807) is 13.0 Å². The molecule has 0 radical (unpaired) electrons. The molecule has 2 rings (SSSR count). The predicted molar refractivity (Wildman–Crippen MR) is 72.2 cm³/mol. The Balaban J connectivity index is 2.44. The second kappa shape index (κ2) is 5.75. The van der Waals surface area contributed by atoms with Gasteiger partial charge in [0.05, 0.1) is 11.5 Å². The molecule has 0 saturated carbocycles. The van der Waals surface area contributed by atoms with Crippen molar-refractivity contribution in [2.75, 3.05) is 6.61 Å². The van der Waals surface area contributed by atoms with E-state index in [9.17, 15) is 14.9 Å². The Morgan fingerprint density at radius 1 is 1.40 bits per heavy atom. The van der Waals surface area contributed by atoms with Crippen LogP contribution in [0.1, 0.15) is 17.5 Å². The highest BCUT2D eigenvalue weighted by molar-refractivity contribution is 6.67. The van der Waals surface area contributed by atoms with E-state index in [1.807, 2.05) is 0 Å². The van der Waals surface area contributed by atoms with E-state index < -0.39 is 10.2 Å². The molecule has 0 atom stereocenters. The maximum Gasteiger partial charge on any atom is 0.311 e. The van der Waals surface area contributed by atoms with Crippen LogP contribution in [0.5, 0.6) is 5.75 Å². The first kappa shape index (κ1) is 14.1. The Morgan fingerprint density at radius 3 is 2.70 bits per heavy atom. The van der Waals surface area contributed by atoms with Crippen LogP contribution in [0.15, 0.2) is 34.7 Å². The van der Waals surface area contributed by atoms with E-state index in [4.69, 9.17) is 20.8 Å². The van der Waals surface area contributed by atoms with Gasteiger partial charge in [-0.3, -0.25) is 14.9 Å². The van der Waals surface area contributed by atoms with Gasteiger partial charge in [0.1, 0.15) is 5.76 Å². The average Bonchev–Trinajstić information content (AvgIpc) is 2.89. The number of nitro benzene ring substituents is 1. The van der Waals surface area contributed by atoms with Crippen LogP contribution in [-0.2, 0) is 0 Å². The molecule has 0 aliphatic heterocycles. The van der Waals surface area contributed by atoms with Gasteiger partial charge in [-0.2, -0.15) is 0 Å². The average molecular weight is 296 g/mol. The predicted octanol–water partition coefficient (Wildman–Crippen LogP) is 3.63. The summed E-state index contributed by atoms with van der Waals surface area (Å²) < 4.78 is 10.4. The number of nitro groups is 1. The number of nitrogens with zero attached hydrogens (tertiary/aromatic N) is 1. The molecule has 6 nitrogen and oxygen atoms in total. The fraction of sp³-hybridized carbons (Fsp3) is 0.154. The van der Waals surface area contributed by atoms with Crippen molar-refractivity contribution < 1.29 is 18.9 Å². The van der Waals surface area contributed by atoms with Crippen molar-refractivity contribution in [3.05, 3.63) is 46.2 Å². The van der Waals surface area contributed by atoms with Crippen molar-refractivity contribution in [3.8, 4) is 17.1 Å². The van der Waals surface area contributed by atoms with Gasteiger partial charge < -0.3 is 9.15 Å². The van der Waals surface area contributed by atoms with E-state index in [0.29, 0.717) is 17.9 Å². The molecule has 0 bridgehead atoms. The summed E-state index contributed by atoms with van der Waals surface area (Å²) in [5, 5.41) is 10.3. The number of benzene rings is 1. The summed E-state index contributed by atoms with van der Waals surface area (Å²) in [5.41, 5.74) is 0.295. The third kappa shape index (κ3) is 2.80. The molecule has 1 heterocycles. The Labute approximate surface area is 119 Å². The minimum atomic E-state index is -0.725. The highest BCUT2D eigenvalue weighted by Crippen LogP contribution is 2.33. The molecule has 0 N–H and O–H groups in total. The van der Waals surface area contributed by atoms with E-state index in [1.165, 1.54) is 24.3 Å². The Morgan fingerprint density at radius 2 is 2.15 bits per heavy atom. The number of hydrogen-bond acceptors (Lipinski definition) is 5. The largest absolute Gasteiger partial charge is 0.487 e. The zero-order valence-corrected chi connectivity index (χ0v) is 11.2. The minimum absolute atomic E-state index is 0.0156. The van der Waals surface area contributed by atoms with Gasteiger partial charge in [-0.1, -0.05) is 0 Å². The van der Waals surface area contributed by atoms with Gasteiger partial charge in [0, 0.05) is 11.6 Å². The van der Waals surface area contributed by atoms with Gasteiger partial charge in [-0.15, -0.1) is 0 Å². The first-order chi connectivity index (χ1) is 9.52. The van der Waals surface area contributed by atoms with Gasteiger partial charge in [-0.05, 0) is 42.8 Å². The molecule has 2 aromatic rings. The molecule has 0 saturated heterocycles. The van der Waals surface area contributed by atoms with Gasteiger partial charge in [-0.25, -0.2) is 0 Å². The van der Waals surface area contributed by atoms with Crippen molar-refractivity contribution in [3.63, 3.8) is 0 Å². The minimum Gasteiger partial charge on any atom is -0.487 e. The van der Waals surface area contributed by atoms with Crippen molar-refractivity contribution in [2.24, 2.45) is 0 Å². The number of rotatable bonds is 5. The summed E-state index contributed by atoms with van der Waals surface area (Å²) >= 11 is 5.29. The van der Waals surface area contributed by atoms with Crippen molar-refractivity contribution in [2.45, 2.75) is 6.92 Å². The Hall–Kier alpha value is -2.34. The first-order valence-corrected chi connectivity index (χ1v) is 6.12.